The minimum Gasteiger partial charge on any atom is -0.497 e. The molecule has 3 atom stereocenters. The fourth-order valence-corrected chi connectivity index (χ4v) is 7.27. The lowest BCUT2D eigenvalue weighted by atomic mass is 9.68. The molecule has 0 aromatic heterocycles. The molecule has 1 N–H and O–H groups in total. The van der Waals surface area contributed by atoms with Crippen molar-refractivity contribution in [3.05, 3.63) is 76.9 Å². The van der Waals surface area contributed by atoms with Gasteiger partial charge in [0.2, 0.25) is 6.79 Å². The maximum Gasteiger partial charge on any atom is 0.308 e. The summed E-state index contributed by atoms with van der Waals surface area (Å²) in [7, 11) is -0.361. The molecule has 1 heterocycles. The number of rotatable bonds is 12. The number of methoxy groups -OCH3 is 1. The van der Waals surface area contributed by atoms with Crippen LogP contribution in [0, 0.1) is 5.92 Å². The zero-order chi connectivity index (χ0) is 32.6. The number of hydrogen-bond donors (Lipinski definition) is 1. The molecule has 2 aliphatic rings. The normalized spacial score (nSPS) is 20.5. The third-order valence-corrected chi connectivity index (χ3v) is 14.3. The summed E-state index contributed by atoms with van der Waals surface area (Å²) >= 11 is 0. The van der Waals surface area contributed by atoms with Crippen LogP contribution in [0.25, 0.3) is 0 Å². The Morgan fingerprint density at radius 1 is 0.933 bits per heavy atom. The zero-order valence-corrected chi connectivity index (χ0v) is 28.7. The van der Waals surface area contributed by atoms with Gasteiger partial charge in [-0.1, -0.05) is 52.8 Å². The summed E-state index contributed by atoms with van der Waals surface area (Å²) in [5.74, 6) is 0.856. The molecule has 9 heteroatoms. The van der Waals surface area contributed by atoms with Crippen LogP contribution < -0.4 is 23.7 Å². The van der Waals surface area contributed by atoms with E-state index in [0.29, 0.717) is 48.6 Å². The van der Waals surface area contributed by atoms with Crippen LogP contribution in [0.15, 0.2) is 54.6 Å². The summed E-state index contributed by atoms with van der Waals surface area (Å²) < 4.78 is 35.7. The molecule has 242 valence electrons. The fourth-order valence-electron chi connectivity index (χ4n) is 6.24. The molecule has 3 aromatic rings. The first-order valence-corrected chi connectivity index (χ1v) is 18.6. The van der Waals surface area contributed by atoms with Gasteiger partial charge in [0.15, 0.2) is 19.8 Å². The van der Waals surface area contributed by atoms with E-state index in [1.165, 1.54) is 0 Å². The van der Waals surface area contributed by atoms with Crippen LogP contribution in [-0.2, 0) is 14.6 Å². The van der Waals surface area contributed by atoms with Crippen molar-refractivity contribution in [3.63, 3.8) is 0 Å². The Bertz CT molecular complexity index is 1540. The van der Waals surface area contributed by atoms with E-state index in [0.717, 1.165) is 28.7 Å². The van der Waals surface area contributed by atoms with Gasteiger partial charge in [-0.05, 0) is 71.6 Å². The summed E-state index contributed by atoms with van der Waals surface area (Å²) in [5.41, 5.74) is 2.52. The number of fused-ring (bicyclic) bond motifs is 2. The highest BCUT2D eigenvalue weighted by molar-refractivity contribution is 6.74. The lowest BCUT2D eigenvalue weighted by Crippen LogP contribution is -2.41. The average Bonchev–Trinajstić information content (AvgIpc) is 3.58. The minimum atomic E-state index is -1.97. The van der Waals surface area contributed by atoms with Gasteiger partial charge in [-0.15, -0.1) is 0 Å². The first-order chi connectivity index (χ1) is 21.3. The summed E-state index contributed by atoms with van der Waals surface area (Å²) in [5, 5.41) is 11.1. The molecular formula is C36H46O8Si. The molecule has 0 amide bonds. The molecular weight excluding hydrogens is 588 g/mol. The Hall–Kier alpha value is -3.69. The van der Waals surface area contributed by atoms with E-state index >= 15 is 0 Å². The van der Waals surface area contributed by atoms with E-state index in [1.54, 1.807) is 7.11 Å². The van der Waals surface area contributed by atoms with Crippen LogP contribution in [0.1, 0.15) is 69.2 Å². The molecule has 0 spiro atoms. The summed E-state index contributed by atoms with van der Waals surface area (Å²) in [4.78, 5) is 13.5. The average molecular weight is 635 g/mol. The number of benzene rings is 3. The molecule has 0 bridgehead atoms. The Morgan fingerprint density at radius 3 is 2.36 bits per heavy atom. The minimum absolute atomic E-state index is 0.0765. The lowest BCUT2D eigenvalue weighted by Gasteiger charge is -2.36. The van der Waals surface area contributed by atoms with Crippen molar-refractivity contribution in [1.29, 1.82) is 0 Å². The van der Waals surface area contributed by atoms with Gasteiger partial charge in [-0.3, -0.25) is 4.79 Å². The SMILES string of the molecule is CCCOc1ccc2c(c1)[C@@H](c1ccc(OC)cc1OCCO[Si](C)(C)C(C)(C)C)[C@@H](C(=O)O)[C@@]2(C)c1ccc2c(c1)OCO2. The molecule has 3 aromatic carbocycles. The molecule has 0 fully saturated rings. The largest absolute Gasteiger partial charge is 0.497 e. The van der Waals surface area contributed by atoms with Gasteiger partial charge in [0.05, 0.1) is 26.2 Å². The van der Waals surface area contributed by atoms with Crippen LogP contribution in [0.2, 0.25) is 18.1 Å². The standard InChI is InChI=1S/C36H46O8Si/c1-9-16-40-25-12-14-28-27(20-25)32(33(34(37)38)36(28,5)23-10-15-29-31(19-23)43-22-42-29)26-13-11-24(39-6)21-30(26)41-17-18-44-45(7,8)35(2,3)4/h10-15,19-21,32-33H,9,16-18,22H2,1-8H3,(H,37,38)/t32-,33+,36+/m1/s1. The molecule has 5 rings (SSSR count). The second-order valence-corrected chi connectivity index (χ2v) is 18.3. The predicted molar refractivity (Wildman–Crippen MR) is 176 cm³/mol. The van der Waals surface area contributed by atoms with Gasteiger partial charge in [-0.2, -0.15) is 0 Å². The monoisotopic (exact) mass is 634 g/mol. The van der Waals surface area contributed by atoms with Crippen LogP contribution >= 0.6 is 0 Å². The quantitative estimate of drug-likeness (QED) is 0.160. The molecule has 0 radical (unpaired) electrons. The molecule has 0 saturated heterocycles. The number of carboxylic acid groups (broad SMARTS) is 1. The van der Waals surface area contributed by atoms with Gasteiger partial charge < -0.3 is 33.2 Å². The van der Waals surface area contributed by atoms with Gasteiger partial charge in [-0.25, -0.2) is 0 Å². The molecule has 45 heavy (non-hydrogen) atoms. The Labute approximate surface area is 267 Å². The summed E-state index contributed by atoms with van der Waals surface area (Å²) in [6.07, 6.45) is 0.862. The van der Waals surface area contributed by atoms with Crippen molar-refractivity contribution in [2.75, 3.05) is 33.7 Å². The Morgan fingerprint density at radius 2 is 1.67 bits per heavy atom. The van der Waals surface area contributed by atoms with E-state index < -0.39 is 31.5 Å². The third-order valence-electron chi connectivity index (χ3n) is 9.75. The maximum absolute atomic E-state index is 13.5. The van der Waals surface area contributed by atoms with Gasteiger partial charge in [0.25, 0.3) is 0 Å². The van der Waals surface area contributed by atoms with Crippen LogP contribution in [0.3, 0.4) is 0 Å². The van der Waals surface area contributed by atoms with Crippen molar-refractivity contribution >= 4 is 14.3 Å². The van der Waals surface area contributed by atoms with Crippen molar-refractivity contribution < 1.29 is 38.0 Å². The van der Waals surface area contributed by atoms with Gasteiger partial charge in [0, 0.05) is 23.0 Å². The van der Waals surface area contributed by atoms with E-state index in [1.807, 2.05) is 61.5 Å². The Balaban J connectivity index is 1.61. The summed E-state index contributed by atoms with van der Waals surface area (Å²) in [6.45, 7) is 16.6. The Kier molecular flexibility index (Phi) is 9.15. The molecule has 0 saturated carbocycles. The van der Waals surface area contributed by atoms with Gasteiger partial charge in [0.1, 0.15) is 23.9 Å². The summed E-state index contributed by atoms with van der Waals surface area (Å²) in [6, 6.07) is 17.3. The highest BCUT2D eigenvalue weighted by Crippen LogP contribution is 2.59. The van der Waals surface area contributed by atoms with Crippen molar-refractivity contribution in [2.45, 2.75) is 70.5 Å². The number of hydrogen-bond acceptors (Lipinski definition) is 7. The fraction of sp³-hybridized carbons (Fsp3) is 0.472. The van der Waals surface area contributed by atoms with Crippen LogP contribution in [-0.4, -0.2) is 53.1 Å². The topological polar surface area (TPSA) is 92.7 Å². The molecule has 8 nitrogen and oxygen atoms in total. The van der Waals surface area contributed by atoms with Crippen molar-refractivity contribution in [3.8, 4) is 28.7 Å². The van der Waals surface area contributed by atoms with Crippen LogP contribution in [0.5, 0.6) is 28.7 Å². The zero-order valence-electron chi connectivity index (χ0n) is 27.7. The second kappa shape index (κ2) is 12.6. The van der Waals surface area contributed by atoms with E-state index in [9.17, 15) is 9.90 Å². The maximum atomic E-state index is 13.5. The number of carboxylic acids is 1. The van der Waals surface area contributed by atoms with E-state index in [4.69, 9.17) is 28.1 Å². The highest BCUT2D eigenvalue weighted by Gasteiger charge is 2.55. The first kappa shape index (κ1) is 32.7. The molecule has 0 unspecified atom stereocenters. The molecule has 1 aliphatic carbocycles. The second-order valence-electron chi connectivity index (χ2n) is 13.5. The van der Waals surface area contributed by atoms with E-state index in [2.05, 4.69) is 40.8 Å². The molecule has 1 aliphatic heterocycles. The predicted octanol–water partition coefficient (Wildman–Crippen LogP) is 7.77. The van der Waals surface area contributed by atoms with Crippen LogP contribution in [0.4, 0.5) is 0 Å². The highest BCUT2D eigenvalue weighted by atomic mass is 28.4. The van der Waals surface area contributed by atoms with Crippen molar-refractivity contribution in [2.24, 2.45) is 5.92 Å². The third kappa shape index (κ3) is 6.12. The lowest BCUT2D eigenvalue weighted by molar-refractivity contribution is -0.143. The van der Waals surface area contributed by atoms with Crippen molar-refractivity contribution in [1.82, 2.24) is 0 Å². The number of ether oxygens (including phenoxy) is 5. The van der Waals surface area contributed by atoms with E-state index in [-0.39, 0.29) is 11.8 Å². The first-order valence-electron chi connectivity index (χ1n) is 15.7. The van der Waals surface area contributed by atoms with Gasteiger partial charge >= 0.3 is 5.97 Å². The number of aliphatic carboxylic acids is 1. The number of carbonyl (C=O) groups is 1. The smallest absolute Gasteiger partial charge is 0.308 e.